The third-order valence-corrected chi connectivity index (χ3v) is 4.60. The van der Waals surface area contributed by atoms with Crippen molar-refractivity contribution < 1.29 is 4.79 Å². The Hall–Kier alpha value is -2.42. The number of carbonyl (C=O) groups is 1. The second-order valence-electron chi connectivity index (χ2n) is 6.61. The van der Waals surface area contributed by atoms with E-state index in [1.807, 2.05) is 60.7 Å². The third-order valence-electron chi connectivity index (χ3n) is 4.60. The molecule has 124 valence electrons. The molecule has 1 atom stereocenters. The Bertz CT molecular complexity index is 655. The van der Waals surface area contributed by atoms with Crippen molar-refractivity contribution in [3.05, 3.63) is 71.8 Å². The minimum atomic E-state index is -0.335. The Morgan fingerprint density at radius 3 is 2.17 bits per heavy atom. The van der Waals surface area contributed by atoms with Crippen molar-refractivity contribution in [2.24, 2.45) is 11.0 Å². The molecule has 2 aromatic rings. The van der Waals surface area contributed by atoms with Crippen LogP contribution in [0.2, 0.25) is 0 Å². The molecule has 3 rings (SSSR count). The van der Waals surface area contributed by atoms with Gasteiger partial charge in [-0.25, -0.2) is 5.43 Å². The van der Waals surface area contributed by atoms with E-state index in [1.165, 1.54) is 6.42 Å². The first-order valence-electron chi connectivity index (χ1n) is 8.69. The average Bonchev–Trinajstić information content (AvgIpc) is 2.62. The first kappa shape index (κ1) is 16.4. The number of nitrogens with zero attached hydrogens (tertiary/aromatic N) is 1. The molecule has 0 spiro atoms. The molecule has 1 aliphatic rings. The summed E-state index contributed by atoms with van der Waals surface area (Å²) in [5, 5.41) is 4.42. The fourth-order valence-corrected chi connectivity index (χ4v) is 3.35. The highest BCUT2D eigenvalue weighted by Gasteiger charge is 2.23. The summed E-state index contributed by atoms with van der Waals surface area (Å²) in [7, 11) is 0. The molecule has 0 aliphatic heterocycles. The monoisotopic (exact) mass is 320 g/mol. The average molecular weight is 320 g/mol. The zero-order chi connectivity index (χ0) is 16.8. The lowest BCUT2D eigenvalue weighted by atomic mass is 9.89. The van der Waals surface area contributed by atoms with Gasteiger partial charge in [0.2, 0.25) is 0 Å². The highest BCUT2D eigenvalue weighted by atomic mass is 16.2. The van der Waals surface area contributed by atoms with Gasteiger partial charge in [-0.1, -0.05) is 67.6 Å². The van der Waals surface area contributed by atoms with Crippen molar-refractivity contribution in [3.63, 3.8) is 0 Å². The highest BCUT2D eigenvalue weighted by Crippen LogP contribution is 2.25. The van der Waals surface area contributed by atoms with E-state index in [2.05, 4.69) is 17.5 Å². The zero-order valence-electron chi connectivity index (χ0n) is 14.1. The number of nitrogens with one attached hydrogen (secondary N) is 1. The molecule has 1 amide bonds. The molecule has 0 saturated heterocycles. The lowest BCUT2D eigenvalue weighted by Gasteiger charge is -2.20. The van der Waals surface area contributed by atoms with Crippen LogP contribution in [0.15, 0.2) is 65.8 Å². The maximum absolute atomic E-state index is 12.9. The molecule has 1 unspecified atom stereocenters. The second-order valence-corrected chi connectivity index (χ2v) is 6.61. The Labute approximate surface area is 143 Å². The zero-order valence-corrected chi connectivity index (χ0v) is 14.1. The Morgan fingerprint density at radius 1 is 1.04 bits per heavy atom. The van der Waals surface area contributed by atoms with E-state index in [0.29, 0.717) is 5.92 Å². The van der Waals surface area contributed by atoms with Crippen LogP contribution in [0.25, 0.3) is 0 Å². The van der Waals surface area contributed by atoms with Crippen molar-refractivity contribution in [2.45, 2.75) is 38.5 Å². The van der Waals surface area contributed by atoms with E-state index >= 15 is 0 Å². The Balaban J connectivity index is 1.81. The van der Waals surface area contributed by atoms with E-state index in [9.17, 15) is 4.79 Å². The summed E-state index contributed by atoms with van der Waals surface area (Å²) in [6.45, 7) is 2.24. The van der Waals surface area contributed by atoms with Gasteiger partial charge in [-0.3, -0.25) is 4.79 Å². The van der Waals surface area contributed by atoms with Gasteiger partial charge in [0.25, 0.3) is 5.91 Å². The van der Waals surface area contributed by atoms with Crippen LogP contribution < -0.4 is 5.43 Å². The van der Waals surface area contributed by atoms with Gasteiger partial charge in [-0.05, 0) is 42.7 Å². The number of hydrogen-bond acceptors (Lipinski definition) is 2. The van der Waals surface area contributed by atoms with Crippen molar-refractivity contribution in [1.29, 1.82) is 0 Å². The van der Waals surface area contributed by atoms with Gasteiger partial charge in [-0.2, -0.15) is 5.10 Å². The lowest BCUT2D eigenvalue weighted by molar-refractivity contribution is -0.121. The van der Waals surface area contributed by atoms with Gasteiger partial charge in [0.1, 0.15) is 0 Å². The number of hydrazone groups is 1. The molecule has 1 aliphatic carbocycles. The van der Waals surface area contributed by atoms with E-state index < -0.39 is 0 Å². The van der Waals surface area contributed by atoms with Crippen molar-refractivity contribution in [2.75, 3.05) is 0 Å². The Kier molecular flexibility index (Phi) is 5.42. The molecule has 0 radical (unpaired) electrons. The smallest absolute Gasteiger partial charge is 0.252 e. The van der Waals surface area contributed by atoms with Crippen LogP contribution in [0.1, 0.15) is 49.7 Å². The number of benzene rings is 2. The molecule has 3 nitrogen and oxygen atoms in total. The number of rotatable bonds is 4. The molecule has 1 N–H and O–H groups in total. The van der Waals surface area contributed by atoms with Crippen LogP contribution in [0, 0.1) is 5.92 Å². The van der Waals surface area contributed by atoms with Crippen molar-refractivity contribution in [3.8, 4) is 0 Å². The minimum Gasteiger partial charge on any atom is -0.272 e. The van der Waals surface area contributed by atoms with Crippen LogP contribution in [0.5, 0.6) is 0 Å². The highest BCUT2D eigenvalue weighted by molar-refractivity contribution is 5.90. The predicted octanol–water partition coefficient (Wildman–Crippen LogP) is 4.50. The van der Waals surface area contributed by atoms with E-state index in [4.69, 9.17) is 0 Å². The molecular weight excluding hydrogens is 296 g/mol. The van der Waals surface area contributed by atoms with Gasteiger partial charge in [0.15, 0.2) is 0 Å². The normalized spacial score (nSPS) is 19.4. The quantitative estimate of drug-likeness (QED) is 0.828. The molecule has 1 fully saturated rings. The summed E-state index contributed by atoms with van der Waals surface area (Å²) in [6, 6.07) is 19.8. The van der Waals surface area contributed by atoms with Crippen LogP contribution in [0.4, 0.5) is 0 Å². The standard InChI is InChI=1S/C21H24N2O/c1-16-9-8-14-19(15-16)22-23-21(24)20(17-10-4-2-5-11-17)18-12-6-3-7-13-18/h2-7,10-13,16,20H,8-9,14-15H2,1H3,(H,23,24)/b22-19+. The predicted molar refractivity (Wildman–Crippen MR) is 97.9 cm³/mol. The maximum Gasteiger partial charge on any atom is 0.252 e. The van der Waals surface area contributed by atoms with Crippen LogP contribution in [0.3, 0.4) is 0 Å². The summed E-state index contributed by atoms with van der Waals surface area (Å²) in [5.41, 5.74) is 5.90. The summed E-state index contributed by atoms with van der Waals surface area (Å²) >= 11 is 0. The Morgan fingerprint density at radius 2 is 1.62 bits per heavy atom. The van der Waals surface area contributed by atoms with E-state index in [-0.39, 0.29) is 11.8 Å². The van der Waals surface area contributed by atoms with Gasteiger partial charge >= 0.3 is 0 Å². The van der Waals surface area contributed by atoms with Crippen LogP contribution >= 0.6 is 0 Å². The van der Waals surface area contributed by atoms with Gasteiger partial charge in [-0.15, -0.1) is 0 Å². The largest absolute Gasteiger partial charge is 0.272 e. The van der Waals surface area contributed by atoms with Gasteiger partial charge in [0.05, 0.1) is 5.92 Å². The molecule has 1 saturated carbocycles. The third kappa shape index (κ3) is 4.10. The summed E-state index contributed by atoms with van der Waals surface area (Å²) in [4.78, 5) is 12.9. The maximum atomic E-state index is 12.9. The first-order valence-corrected chi connectivity index (χ1v) is 8.69. The van der Waals surface area contributed by atoms with Crippen molar-refractivity contribution >= 4 is 11.6 Å². The number of carbonyl (C=O) groups excluding carboxylic acids is 1. The molecule has 0 aromatic heterocycles. The number of amides is 1. The lowest BCUT2D eigenvalue weighted by Crippen LogP contribution is -2.28. The molecule has 0 bridgehead atoms. The number of hydrogen-bond donors (Lipinski definition) is 1. The fraction of sp³-hybridized carbons (Fsp3) is 0.333. The topological polar surface area (TPSA) is 41.5 Å². The fourth-order valence-electron chi connectivity index (χ4n) is 3.35. The van der Waals surface area contributed by atoms with E-state index in [0.717, 1.165) is 36.1 Å². The summed E-state index contributed by atoms with van der Waals surface area (Å²) in [6.07, 6.45) is 4.40. The summed E-state index contributed by atoms with van der Waals surface area (Å²) in [5.74, 6) is 0.254. The molecule has 24 heavy (non-hydrogen) atoms. The molecule has 3 heteroatoms. The van der Waals surface area contributed by atoms with E-state index in [1.54, 1.807) is 0 Å². The molecule has 0 heterocycles. The van der Waals surface area contributed by atoms with Crippen LogP contribution in [-0.4, -0.2) is 11.6 Å². The van der Waals surface area contributed by atoms with Gasteiger partial charge in [0, 0.05) is 5.71 Å². The van der Waals surface area contributed by atoms with Crippen LogP contribution in [-0.2, 0) is 4.79 Å². The summed E-state index contributed by atoms with van der Waals surface area (Å²) < 4.78 is 0. The molecular formula is C21H24N2O. The van der Waals surface area contributed by atoms with Gasteiger partial charge < -0.3 is 0 Å². The SMILES string of the molecule is CC1CCC/C(=N\NC(=O)C(c2ccccc2)c2ccccc2)C1. The second kappa shape index (κ2) is 7.91. The minimum absolute atomic E-state index is 0.0712. The molecule has 2 aromatic carbocycles. The van der Waals surface area contributed by atoms with Crippen molar-refractivity contribution in [1.82, 2.24) is 5.43 Å². The first-order chi connectivity index (χ1) is 11.7.